The van der Waals surface area contributed by atoms with Crippen molar-refractivity contribution in [1.82, 2.24) is 10.2 Å². The molecule has 0 N–H and O–H groups in total. The van der Waals surface area contributed by atoms with Gasteiger partial charge in [0.05, 0.1) is 4.92 Å². The van der Waals surface area contributed by atoms with Crippen molar-refractivity contribution in [2.45, 2.75) is 20.0 Å². The molecule has 2 aromatic carbocycles. The lowest BCUT2D eigenvalue weighted by Crippen LogP contribution is -2.14. The Hall–Kier alpha value is -3.75. The summed E-state index contributed by atoms with van der Waals surface area (Å²) in [7, 11) is 0. The monoisotopic (exact) mass is 383 g/mol. The zero-order chi connectivity index (χ0) is 19.9. The SMILES string of the molecule is CCc1ccc(OCC(=O)OCc2nnc(-c3ccc([N+](=O)[O-])cc3)o2)cc1. The zero-order valence-electron chi connectivity index (χ0n) is 15.0. The molecule has 0 unspecified atom stereocenters. The van der Waals surface area contributed by atoms with Gasteiger partial charge in [0.2, 0.25) is 5.89 Å². The molecule has 9 heteroatoms. The van der Waals surface area contributed by atoms with Crippen molar-refractivity contribution >= 4 is 11.7 Å². The second-order valence-corrected chi connectivity index (χ2v) is 5.75. The van der Waals surface area contributed by atoms with Crippen molar-refractivity contribution in [2.24, 2.45) is 0 Å². The summed E-state index contributed by atoms with van der Waals surface area (Å²) in [5, 5.41) is 18.3. The van der Waals surface area contributed by atoms with Crippen molar-refractivity contribution in [3.05, 3.63) is 70.1 Å². The highest BCUT2D eigenvalue weighted by Crippen LogP contribution is 2.21. The molecule has 9 nitrogen and oxygen atoms in total. The smallest absolute Gasteiger partial charge is 0.344 e. The summed E-state index contributed by atoms with van der Waals surface area (Å²) in [6.07, 6.45) is 0.925. The first kappa shape index (κ1) is 19.0. The van der Waals surface area contributed by atoms with Gasteiger partial charge < -0.3 is 13.9 Å². The van der Waals surface area contributed by atoms with Crippen molar-refractivity contribution in [2.75, 3.05) is 6.61 Å². The fourth-order valence-electron chi connectivity index (χ4n) is 2.30. The molecule has 0 aliphatic rings. The first-order valence-electron chi connectivity index (χ1n) is 8.49. The number of hydrogen-bond donors (Lipinski definition) is 0. The third-order valence-corrected chi connectivity index (χ3v) is 3.84. The van der Waals surface area contributed by atoms with E-state index in [1.165, 1.54) is 29.8 Å². The van der Waals surface area contributed by atoms with Gasteiger partial charge in [0.25, 0.3) is 11.6 Å². The Morgan fingerprint density at radius 1 is 1.11 bits per heavy atom. The Labute approximate surface area is 160 Å². The Morgan fingerprint density at radius 2 is 1.82 bits per heavy atom. The lowest BCUT2D eigenvalue weighted by molar-refractivity contribution is -0.384. The topological polar surface area (TPSA) is 118 Å². The second-order valence-electron chi connectivity index (χ2n) is 5.75. The molecular weight excluding hydrogens is 366 g/mol. The van der Waals surface area contributed by atoms with Crippen LogP contribution in [0.1, 0.15) is 18.4 Å². The van der Waals surface area contributed by atoms with Crippen LogP contribution in [0.3, 0.4) is 0 Å². The molecule has 0 bridgehead atoms. The standard InChI is InChI=1S/C19H17N3O6/c1-2-13-3-9-16(10-4-13)26-12-18(23)27-11-17-20-21-19(28-17)14-5-7-15(8-6-14)22(24)25/h3-10H,2,11-12H2,1H3. The molecule has 1 heterocycles. The minimum absolute atomic E-state index is 0.0400. The van der Waals surface area contributed by atoms with Gasteiger partial charge in [0.15, 0.2) is 13.2 Å². The van der Waals surface area contributed by atoms with E-state index < -0.39 is 10.9 Å². The molecule has 0 aliphatic carbocycles. The van der Waals surface area contributed by atoms with Crippen LogP contribution >= 0.6 is 0 Å². The van der Waals surface area contributed by atoms with Crippen LogP contribution in [-0.4, -0.2) is 27.7 Å². The molecular formula is C19H17N3O6. The predicted molar refractivity (Wildman–Crippen MR) is 97.5 cm³/mol. The number of nitrogens with zero attached hydrogens (tertiary/aromatic N) is 3. The van der Waals surface area contributed by atoms with Gasteiger partial charge in [-0.25, -0.2) is 4.79 Å². The maximum Gasteiger partial charge on any atom is 0.344 e. The van der Waals surface area contributed by atoms with Crippen LogP contribution < -0.4 is 4.74 Å². The minimum Gasteiger partial charge on any atom is -0.482 e. The van der Waals surface area contributed by atoms with Crippen molar-refractivity contribution in [3.63, 3.8) is 0 Å². The number of esters is 1. The highest BCUT2D eigenvalue weighted by Gasteiger charge is 2.13. The summed E-state index contributed by atoms with van der Waals surface area (Å²) in [6, 6.07) is 13.1. The second kappa shape index (κ2) is 8.76. The Balaban J connectivity index is 1.49. The predicted octanol–water partition coefficient (Wildman–Crippen LogP) is 3.33. The first-order chi connectivity index (χ1) is 13.5. The van der Waals surface area contributed by atoms with E-state index in [1.54, 1.807) is 12.1 Å². The number of non-ortho nitro benzene ring substituents is 1. The van der Waals surface area contributed by atoms with Gasteiger partial charge in [0.1, 0.15) is 5.75 Å². The van der Waals surface area contributed by atoms with E-state index in [1.807, 2.05) is 12.1 Å². The summed E-state index contributed by atoms with van der Waals surface area (Å²) in [5.41, 5.74) is 1.66. The number of benzene rings is 2. The normalized spacial score (nSPS) is 10.5. The first-order valence-corrected chi connectivity index (χ1v) is 8.49. The summed E-state index contributed by atoms with van der Waals surface area (Å²) >= 11 is 0. The number of ether oxygens (including phenoxy) is 2. The lowest BCUT2D eigenvalue weighted by atomic mass is 10.2. The highest BCUT2D eigenvalue weighted by molar-refractivity contribution is 5.71. The summed E-state index contributed by atoms with van der Waals surface area (Å²) < 4.78 is 15.8. The maximum absolute atomic E-state index is 11.8. The van der Waals surface area contributed by atoms with Gasteiger partial charge in [-0.3, -0.25) is 10.1 Å². The number of nitro benzene ring substituents is 1. The molecule has 0 spiro atoms. The van der Waals surface area contributed by atoms with Crippen molar-refractivity contribution in [1.29, 1.82) is 0 Å². The summed E-state index contributed by atoms with van der Waals surface area (Å²) in [4.78, 5) is 22.0. The molecule has 0 fully saturated rings. The molecule has 0 saturated heterocycles. The quantitative estimate of drug-likeness (QED) is 0.330. The molecule has 0 amide bonds. The average Bonchev–Trinajstić information content (AvgIpc) is 3.20. The Bertz CT molecular complexity index is 951. The highest BCUT2D eigenvalue weighted by atomic mass is 16.6. The lowest BCUT2D eigenvalue weighted by Gasteiger charge is -2.06. The van der Waals surface area contributed by atoms with E-state index in [0.717, 1.165) is 6.42 Å². The third kappa shape index (κ3) is 4.91. The van der Waals surface area contributed by atoms with E-state index in [9.17, 15) is 14.9 Å². The van der Waals surface area contributed by atoms with Crippen molar-refractivity contribution < 1.29 is 23.6 Å². The van der Waals surface area contributed by atoms with Crippen LogP contribution in [0, 0.1) is 10.1 Å². The van der Waals surface area contributed by atoms with E-state index in [4.69, 9.17) is 13.9 Å². The number of rotatable bonds is 8. The fraction of sp³-hybridized carbons (Fsp3) is 0.211. The summed E-state index contributed by atoms with van der Waals surface area (Å²) in [6.45, 7) is 1.61. The van der Waals surface area contributed by atoms with Gasteiger partial charge in [-0.05, 0) is 36.2 Å². The van der Waals surface area contributed by atoms with Crippen LogP contribution in [0.4, 0.5) is 5.69 Å². The number of nitro groups is 1. The van der Waals surface area contributed by atoms with Crippen LogP contribution in [0.25, 0.3) is 11.5 Å². The summed E-state index contributed by atoms with van der Waals surface area (Å²) in [5.74, 6) is 0.282. The van der Waals surface area contributed by atoms with Crippen LogP contribution in [0.5, 0.6) is 5.75 Å². The van der Waals surface area contributed by atoms with Gasteiger partial charge in [0, 0.05) is 17.7 Å². The van der Waals surface area contributed by atoms with E-state index >= 15 is 0 Å². The number of aryl methyl sites for hydroxylation is 1. The zero-order valence-corrected chi connectivity index (χ0v) is 15.0. The van der Waals surface area contributed by atoms with E-state index in [2.05, 4.69) is 17.1 Å². The van der Waals surface area contributed by atoms with Crippen LogP contribution in [-0.2, 0) is 22.6 Å². The van der Waals surface area contributed by atoms with E-state index in [0.29, 0.717) is 11.3 Å². The fourth-order valence-corrected chi connectivity index (χ4v) is 2.30. The maximum atomic E-state index is 11.8. The molecule has 144 valence electrons. The molecule has 0 aliphatic heterocycles. The molecule has 0 radical (unpaired) electrons. The molecule has 0 atom stereocenters. The van der Waals surface area contributed by atoms with Gasteiger partial charge in [-0.2, -0.15) is 0 Å². The number of carbonyl (C=O) groups is 1. The molecule has 28 heavy (non-hydrogen) atoms. The number of carbonyl (C=O) groups excluding carboxylic acids is 1. The number of hydrogen-bond acceptors (Lipinski definition) is 8. The number of aromatic nitrogens is 2. The minimum atomic E-state index is -0.574. The molecule has 3 rings (SSSR count). The average molecular weight is 383 g/mol. The molecule has 1 aromatic heterocycles. The van der Waals surface area contributed by atoms with Crippen molar-refractivity contribution in [3.8, 4) is 17.2 Å². The largest absolute Gasteiger partial charge is 0.482 e. The van der Waals surface area contributed by atoms with Crippen LogP contribution in [0.15, 0.2) is 52.9 Å². The Morgan fingerprint density at radius 3 is 2.46 bits per heavy atom. The Kier molecular flexibility index (Phi) is 5.95. The van der Waals surface area contributed by atoms with E-state index in [-0.39, 0.29) is 30.7 Å². The van der Waals surface area contributed by atoms with Gasteiger partial charge in [-0.15, -0.1) is 10.2 Å². The molecule has 3 aromatic rings. The van der Waals surface area contributed by atoms with Crippen LogP contribution in [0.2, 0.25) is 0 Å². The molecule has 0 saturated carbocycles. The third-order valence-electron chi connectivity index (χ3n) is 3.84. The van der Waals surface area contributed by atoms with Gasteiger partial charge >= 0.3 is 5.97 Å². The van der Waals surface area contributed by atoms with Gasteiger partial charge in [-0.1, -0.05) is 19.1 Å².